The summed E-state index contributed by atoms with van der Waals surface area (Å²) in [7, 11) is 0. The minimum atomic E-state index is 0.0655. The molecule has 1 aliphatic carbocycles. The predicted molar refractivity (Wildman–Crippen MR) is 100 cm³/mol. The van der Waals surface area contributed by atoms with Crippen LogP contribution in [0, 0.1) is 0 Å². The number of hydrogen-bond donors (Lipinski definition) is 1. The van der Waals surface area contributed by atoms with E-state index in [4.69, 9.17) is 17.0 Å². The van der Waals surface area contributed by atoms with Gasteiger partial charge >= 0.3 is 0 Å². The minimum Gasteiger partial charge on any atom is -0.377 e. The number of thiocarbonyl (C=S) groups is 1. The van der Waals surface area contributed by atoms with Crippen LogP contribution in [-0.4, -0.2) is 53.9 Å². The first-order chi connectivity index (χ1) is 11.7. The average Bonchev–Trinajstić information content (AvgIpc) is 3.09. The van der Waals surface area contributed by atoms with Crippen LogP contribution in [-0.2, 0) is 9.53 Å². The molecule has 1 saturated heterocycles. The van der Waals surface area contributed by atoms with E-state index in [-0.39, 0.29) is 5.91 Å². The van der Waals surface area contributed by atoms with Gasteiger partial charge in [0.2, 0.25) is 5.91 Å². The van der Waals surface area contributed by atoms with Crippen molar-refractivity contribution in [2.45, 2.75) is 44.9 Å². The number of carbonyl (C=O) groups excluding carboxylic acids is 1. The lowest BCUT2D eigenvalue weighted by atomic mass is 9.97. The van der Waals surface area contributed by atoms with E-state index in [0.29, 0.717) is 24.7 Å². The van der Waals surface area contributed by atoms with Crippen LogP contribution in [0.25, 0.3) is 0 Å². The molecule has 6 heteroatoms. The summed E-state index contributed by atoms with van der Waals surface area (Å²) < 4.78 is 5.30. The maximum absolute atomic E-state index is 12.3. The number of ether oxygens (including phenoxy) is 1. The molecule has 1 N–H and O–H groups in total. The third-order valence-electron chi connectivity index (χ3n) is 4.36. The number of allylic oxidation sites excluding steroid dienone is 1. The summed E-state index contributed by atoms with van der Waals surface area (Å²) in [5, 5.41) is 7.63. The molecule has 5 nitrogen and oxygen atoms in total. The lowest BCUT2D eigenvalue weighted by Crippen LogP contribution is -2.49. The standard InChI is InChI=1S/C18H29N3O2S/c1-2-14-23-15-10-17(22)20-12-6-13-21(20)18(24)19-11-9-16-7-4-3-5-8-16/h2,7H,1,3-6,8-15H2,(H,19,24). The lowest BCUT2D eigenvalue weighted by molar-refractivity contribution is -0.140. The molecule has 134 valence electrons. The second kappa shape index (κ2) is 10.5. The fourth-order valence-electron chi connectivity index (χ4n) is 3.09. The Hall–Kier alpha value is -1.40. The summed E-state index contributed by atoms with van der Waals surface area (Å²) in [6.07, 6.45) is 11.5. The van der Waals surface area contributed by atoms with E-state index in [1.54, 1.807) is 11.1 Å². The Balaban J connectivity index is 1.72. The highest BCUT2D eigenvalue weighted by Crippen LogP contribution is 2.19. The molecule has 0 saturated carbocycles. The molecule has 2 rings (SSSR count). The van der Waals surface area contributed by atoms with E-state index in [1.165, 1.54) is 31.3 Å². The Morgan fingerprint density at radius 1 is 1.33 bits per heavy atom. The smallest absolute Gasteiger partial charge is 0.243 e. The van der Waals surface area contributed by atoms with E-state index in [9.17, 15) is 4.79 Å². The van der Waals surface area contributed by atoms with Gasteiger partial charge in [0, 0.05) is 19.6 Å². The molecule has 2 aliphatic rings. The highest BCUT2D eigenvalue weighted by molar-refractivity contribution is 7.80. The second-order valence-corrected chi connectivity index (χ2v) is 6.58. The molecule has 1 aliphatic heterocycles. The molecule has 0 spiro atoms. The summed E-state index contributed by atoms with van der Waals surface area (Å²) in [4.78, 5) is 12.3. The van der Waals surface area contributed by atoms with Crippen molar-refractivity contribution >= 4 is 23.2 Å². The van der Waals surface area contributed by atoms with Gasteiger partial charge in [0.1, 0.15) is 0 Å². The molecule has 0 aromatic rings. The zero-order valence-corrected chi connectivity index (χ0v) is 15.3. The normalized spacial score (nSPS) is 17.6. The lowest BCUT2D eigenvalue weighted by Gasteiger charge is -2.30. The van der Waals surface area contributed by atoms with Crippen molar-refractivity contribution in [3.05, 3.63) is 24.3 Å². The van der Waals surface area contributed by atoms with E-state index >= 15 is 0 Å². The van der Waals surface area contributed by atoms with Crippen molar-refractivity contribution in [3.63, 3.8) is 0 Å². The number of rotatable bonds is 8. The topological polar surface area (TPSA) is 44.8 Å². The number of hydrazine groups is 1. The third kappa shape index (κ3) is 5.91. The summed E-state index contributed by atoms with van der Waals surface area (Å²) in [5.41, 5.74) is 1.53. The SMILES string of the molecule is C=CCOCCC(=O)N1CCCN1C(=S)NCCC1=CCCCC1. The van der Waals surface area contributed by atoms with Crippen molar-refractivity contribution in [3.8, 4) is 0 Å². The first-order valence-corrected chi connectivity index (χ1v) is 9.35. The van der Waals surface area contributed by atoms with Gasteiger partial charge in [-0.05, 0) is 50.7 Å². The van der Waals surface area contributed by atoms with Crippen molar-refractivity contribution in [1.29, 1.82) is 0 Å². The summed E-state index contributed by atoms with van der Waals surface area (Å²) in [6.45, 7) is 6.86. The van der Waals surface area contributed by atoms with Gasteiger partial charge in [0.05, 0.1) is 19.6 Å². The van der Waals surface area contributed by atoms with E-state index in [0.717, 1.165) is 32.5 Å². The van der Waals surface area contributed by atoms with Crippen LogP contribution in [0.3, 0.4) is 0 Å². The van der Waals surface area contributed by atoms with Gasteiger partial charge in [-0.3, -0.25) is 14.8 Å². The van der Waals surface area contributed by atoms with Crippen LogP contribution in [0.5, 0.6) is 0 Å². The quantitative estimate of drug-likeness (QED) is 0.414. The molecule has 1 fully saturated rings. The summed E-state index contributed by atoms with van der Waals surface area (Å²) in [5.74, 6) is 0.0655. The van der Waals surface area contributed by atoms with Crippen LogP contribution in [0.1, 0.15) is 44.9 Å². The predicted octanol–water partition coefficient (Wildman–Crippen LogP) is 2.79. The van der Waals surface area contributed by atoms with Crippen molar-refractivity contribution in [2.24, 2.45) is 0 Å². The largest absolute Gasteiger partial charge is 0.377 e. The number of carbonyl (C=O) groups is 1. The zero-order chi connectivity index (χ0) is 17.2. The number of amides is 1. The van der Waals surface area contributed by atoms with Crippen molar-refractivity contribution in [2.75, 3.05) is 32.8 Å². The van der Waals surface area contributed by atoms with Crippen LogP contribution in [0.15, 0.2) is 24.3 Å². The summed E-state index contributed by atoms with van der Waals surface area (Å²) >= 11 is 5.49. The van der Waals surface area contributed by atoms with Gasteiger partial charge in [-0.15, -0.1) is 6.58 Å². The van der Waals surface area contributed by atoms with Gasteiger partial charge in [-0.2, -0.15) is 0 Å². The van der Waals surface area contributed by atoms with E-state index in [1.807, 2.05) is 5.01 Å². The maximum Gasteiger partial charge on any atom is 0.243 e. The first kappa shape index (κ1) is 18.9. The Morgan fingerprint density at radius 3 is 2.92 bits per heavy atom. The van der Waals surface area contributed by atoms with Crippen LogP contribution in [0.4, 0.5) is 0 Å². The van der Waals surface area contributed by atoms with E-state index in [2.05, 4.69) is 18.0 Å². The molecule has 1 heterocycles. The van der Waals surface area contributed by atoms with E-state index < -0.39 is 0 Å². The Labute approximate surface area is 150 Å². The molecule has 0 aromatic heterocycles. The highest BCUT2D eigenvalue weighted by atomic mass is 32.1. The fraction of sp³-hybridized carbons (Fsp3) is 0.667. The summed E-state index contributed by atoms with van der Waals surface area (Å²) in [6, 6.07) is 0. The molecule has 0 atom stereocenters. The zero-order valence-electron chi connectivity index (χ0n) is 14.5. The van der Waals surface area contributed by atoms with Gasteiger partial charge in [-0.1, -0.05) is 17.7 Å². The average molecular weight is 352 g/mol. The van der Waals surface area contributed by atoms with Crippen LogP contribution in [0.2, 0.25) is 0 Å². The van der Waals surface area contributed by atoms with Gasteiger partial charge in [-0.25, -0.2) is 0 Å². The molecular formula is C18H29N3O2S. The molecule has 0 radical (unpaired) electrons. The molecule has 0 bridgehead atoms. The fourth-order valence-corrected chi connectivity index (χ4v) is 3.38. The molecule has 0 unspecified atom stereocenters. The van der Waals surface area contributed by atoms with Crippen molar-refractivity contribution < 1.29 is 9.53 Å². The Bertz CT molecular complexity index is 479. The molecule has 0 aromatic carbocycles. The number of hydrogen-bond acceptors (Lipinski definition) is 3. The van der Waals surface area contributed by atoms with Crippen LogP contribution < -0.4 is 5.32 Å². The van der Waals surface area contributed by atoms with Gasteiger partial charge in [0.25, 0.3) is 0 Å². The molecular weight excluding hydrogens is 322 g/mol. The van der Waals surface area contributed by atoms with Crippen LogP contribution >= 0.6 is 12.2 Å². The van der Waals surface area contributed by atoms with Gasteiger partial charge in [0.15, 0.2) is 5.11 Å². The second-order valence-electron chi connectivity index (χ2n) is 6.20. The third-order valence-corrected chi connectivity index (χ3v) is 4.71. The molecule has 24 heavy (non-hydrogen) atoms. The monoisotopic (exact) mass is 351 g/mol. The molecule has 1 amide bonds. The first-order valence-electron chi connectivity index (χ1n) is 8.94. The highest BCUT2D eigenvalue weighted by Gasteiger charge is 2.28. The number of nitrogens with one attached hydrogen (secondary N) is 1. The minimum absolute atomic E-state index is 0.0655. The Morgan fingerprint density at radius 2 is 2.17 bits per heavy atom. The number of nitrogens with zero attached hydrogens (tertiary/aromatic N) is 2. The maximum atomic E-state index is 12.3. The Kier molecular flexibility index (Phi) is 8.25. The van der Waals surface area contributed by atoms with Crippen molar-refractivity contribution in [1.82, 2.24) is 15.3 Å². The van der Waals surface area contributed by atoms with Gasteiger partial charge < -0.3 is 10.1 Å².